The first kappa shape index (κ1) is 19.7. The van der Waals surface area contributed by atoms with Crippen molar-refractivity contribution in [2.45, 2.75) is 0 Å². The highest BCUT2D eigenvalue weighted by molar-refractivity contribution is 6.31. The van der Waals surface area contributed by atoms with Crippen molar-refractivity contribution in [1.29, 1.82) is 5.26 Å². The Morgan fingerprint density at radius 2 is 1.96 bits per heavy atom. The van der Waals surface area contributed by atoms with Crippen LogP contribution in [0.25, 0.3) is 6.08 Å². The molecule has 144 valence electrons. The molecule has 0 spiro atoms. The number of carbonyl (C=O) groups excluding carboxylic acids is 1. The zero-order valence-electron chi connectivity index (χ0n) is 15.4. The molecule has 0 radical (unpaired) electrons. The summed E-state index contributed by atoms with van der Waals surface area (Å²) >= 11 is 6.12. The van der Waals surface area contributed by atoms with E-state index in [0.717, 1.165) is 24.3 Å². The summed E-state index contributed by atoms with van der Waals surface area (Å²) < 4.78 is 10.5. The van der Waals surface area contributed by atoms with E-state index in [1.807, 2.05) is 12.1 Å². The second-order valence-electron chi connectivity index (χ2n) is 6.16. The first-order chi connectivity index (χ1) is 13.6. The minimum atomic E-state index is -0.491. The first-order valence-corrected chi connectivity index (χ1v) is 9.18. The van der Waals surface area contributed by atoms with Crippen molar-refractivity contribution >= 4 is 35.0 Å². The van der Waals surface area contributed by atoms with E-state index in [9.17, 15) is 10.1 Å². The maximum Gasteiger partial charge on any atom is 0.266 e. The number of nitrogens with one attached hydrogen (secondary N) is 1. The number of anilines is 2. The van der Waals surface area contributed by atoms with E-state index in [1.54, 1.807) is 43.5 Å². The summed E-state index contributed by atoms with van der Waals surface area (Å²) in [5.74, 6) is 0.212. The molecule has 0 aromatic heterocycles. The molecule has 1 heterocycles. The molecule has 1 saturated heterocycles. The molecule has 3 rings (SSSR count). The number of amides is 1. The van der Waals surface area contributed by atoms with E-state index in [1.165, 1.54) is 6.08 Å². The Bertz CT molecular complexity index is 913. The highest BCUT2D eigenvalue weighted by atomic mass is 35.5. The molecule has 2 aromatic carbocycles. The van der Waals surface area contributed by atoms with Crippen molar-refractivity contribution in [2.24, 2.45) is 0 Å². The van der Waals surface area contributed by atoms with Crippen molar-refractivity contribution in [3.8, 4) is 11.8 Å². The normalized spacial score (nSPS) is 14.3. The van der Waals surface area contributed by atoms with Gasteiger partial charge >= 0.3 is 0 Å². The lowest BCUT2D eigenvalue weighted by atomic mass is 10.1. The van der Waals surface area contributed by atoms with Crippen LogP contribution in [0.1, 0.15) is 5.56 Å². The Balaban J connectivity index is 1.83. The summed E-state index contributed by atoms with van der Waals surface area (Å²) in [7, 11) is 1.58. The van der Waals surface area contributed by atoms with Gasteiger partial charge in [0.15, 0.2) is 0 Å². The van der Waals surface area contributed by atoms with E-state index in [0.29, 0.717) is 29.7 Å². The molecule has 1 aliphatic heterocycles. The third kappa shape index (κ3) is 4.83. The van der Waals surface area contributed by atoms with E-state index < -0.39 is 5.91 Å². The number of morpholine rings is 1. The maximum absolute atomic E-state index is 12.7. The number of rotatable bonds is 5. The average molecular weight is 398 g/mol. The Morgan fingerprint density at radius 3 is 2.61 bits per heavy atom. The molecule has 28 heavy (non-hydrogen) atoms. The van der Waals surface area contributed by atoms with Crippen LogP contribution in [0, 0.1) is 11.3 Å². The van der Waals surface area contributed by atoms with Gasteiger partial charge in [0, 0.05) is 18.1 Å². The summed E-state index contributed by atoms with van der Waals surface area (Å²) in [4.78, 5) is 14.8. The van der Waals surface area contributed by atoms with Gasteiger partial charge in [-0.25, -0.2) is 0 Å². The van der Waals surface area contributed by atoms with E-state index in [-0.39, 0.29) is 5.57 Å². The van der Waals surface area contributed by atoms with Gasteiger partial charge in [-0.1, -0.05) is 23.7 Å². The van der Waals surface area contributed by atoms with Crippen LogP contribution < -0.4 is 15.0 Å². The SMILES string of the molecule is COc1ccc(/C=C(\C#N)C(=O)Nc2cc(Cl)ccc2N2CCOCC2)cc1. The Kier molecular flexibility index (Phi) is 6.53. The van der Waals surface area contributed by atoms with Gasteiger partial charge in [-0.3, -0.25) is 4.79 Å². The number of methoxy groups -OCH3 is 1. The lowest BCUT2D eigenvalue weighted by Crippen LogP contribution is -2.36. The zero-order chi connectivity index (χ0) is 19.9. The number of hydrogen-bond donors (Lipinski definition) is 1. The van der Waals surface area contributed by atoms with E-state index in [4.69, 9.17) is 21.1 Å². The Labute approximate surface area is 168 Å². The summed E-state index contributed by atoms with van der Waals surface area (Å²) in [5, 5.41) is 12.8. The molecule has 0 bridgehead atoms. The van der Waals surface area contributed by atoms with Crippen molar-refractivity contribution in [1.82, 2.24) is 0 Å². The van der Waals surface area contributed by atoms with Crippen LogP contribution in [0.15, 0.2) is 48.0 Å². The molecule has 6 nitrogen and oxygen atoms in total. The number of carbonyl (C=O) groups is 1. The lowest BCUT2D eigenvalue weighted by molar-refractivity contribution is -0.112. The summed E-state index contributed by atoms with van der Waals surface area (Å²) in [5.41, 5.74) is 2.14. The van der Waals surface area contributed by atoms with Gasteiger partial charge < -0.3 is 19.7 Å². The van der Waals surface area contributed by atoms with E-state index in [2.05, 4.69) is 10.2 Å². The Hall–Kier alpha value is -3.01. The summed E-state index contributed by atoms with van der Waals surface area (Å²) in [6.07, 6.45) is 1.54. The minimum Gasteiger partial charge on any atom is -0.497 e. The van der Waals surface area contributed by atoms with Crippen molar-refractivity contribution < 1.29 is 14.3 Å². The van der Waals surface area contributed by atoms with Crippen LogP contribution in [0.2, 0.25) is 5.02 Å². The Morgan fingerprint density at radius 1 is 1.25 bits per heavy atom. The molecular weight excluding hydrogens is 378 g/mol. The second kappa shape index (κ2) is 9.27. The highest BCUT2D eigenvalue weighted by Crippen LogP contribution is 2.30. The van der Waals surface area contributed by atoms with Gasteiger partial charge in [-0.15, -0.1) is 0 Å². The van der Waals surface area contributed by atoms with E-state index >= 15 is 0 Å². The van der Waals surface area contributed by atoms with Crippen molar-refractivity contribution in [2.75, 3.05) is 43.6 Å². The molecule has 1 aliphatic rings. The number of benzene rings is 2. The third-order valence-electron chi connectivity index (χ3n) is 4.35. The number of halogens is 1. The van der Waals surface area contributed by atoms with Gasteiger partial charge in [0.1, 0.15) is 17.4 Å². The van der Waals surface area contributed by atoms with Gasteiger partial charge in [-0.05, 0) is 42.0 Å². The van der Waals surface area contributed by atoms with Gasteiger partial charge in [0.05, 0.1) is 31.7 Å². The summed E-state index contributed by atoms with van der Waals surface area (Å²) in [6, 6.07) is 14.4. The van der Waals surface area contributed by atoms with Crippen molar-refractivity contribution in [3.05, 3.63) is 58.6 Å². The molecule has 0 atom stereocenters. The smallest absolute Gasteiger partial charge is 0.266 e. The molecular formula is C21H20ClN3O3. The second-order valence-corrected chi connectivity index (χ2v) is 6.59. The van der Waals surface area contributed by atoms with Crippen molar-refractivity contribution in [3.63, 3.8) is 0 Å². The fourth-order valence-electron chi connectivity index (χ4n) is 2.89. The predicted octanol–water partition coefficient (Wildman–Crippen LogP) is 3.73. The van der Waals surface area contributed by atoms with Crippen LogP contribution >= 0.6 is 11.6 Å². The highest BCUT2D eigenvalue weighted by Gasteiger charge is 2.18. The van der Waals surface area contributed by atoms with Crippen LogP contribution in [-0.2, 0) is 9.53 Å². The fourth-order valence-corrected chi connectivity index (χ4v) is 3.07. The third-order valence-corrected chi connectivity index (χ3v) is 4.59. The van der Waals surface area contributed by atoms with Gasteiger partial charge in [-0.2, -0.15) is 5.26 Å². The summed E-state index contributed by atoms with van der Waals surface area (Å²) in [6.45, 7) is 2.68. The first-order valence-electron chi connectivity index (χ1n) is 8.80. The van der Waals surface area contributed by atoms with Gasteiger partial charge in [0.25, 0.3) is 5.91 Å². The average Bonchev–Trinajstić information content (AvgIpc) is 2.73. The fraction of sp³-hybridized carbons (Fsp3) is 0.238. The molecule has 0 saturated carbocycles. The number of nitriles is 1. The lowest BCUT2D eigenvalue weighted by Gasteiger charge is -2.30. The molecule has 1 amide bonds. The monoisotopic (exact) mass is 397 g/mol. The number of nitrogens with zero attached hydrogens (tertiary/aromatic N) is 2. The topological polar surface area (TPSA) is 74.6 Å². The van der Waals surface area contributed by atoms with Crippen LogP contribution in [0.3, 0.4) is 0 Å². The largest absolute Gasteiger partial charge is 0.497 e. The van der Waals surface area contributed by atoms with Crippen LogP contribution in [-0.4, -0.2) is 39.3 Å². The minimum absolute atomic E-state index is 0.00179. The maximum atomic E-state index is 12.7. The predicted molar refractivity (Wildman–Crippen MR) is 110 cm³/mol. The number of hydrogen-bond acceptors (Lipinski definition) is 5. The molecule has 7 heteroatoms. The number of ether oxygens (including phenoxy) is 2. The molecule has 2 aromatic rings. The van der Waals surface area contributed by atoms with Crippen LogP contribution in [0.5, 0.6) is 5.75 Å². The molecule has 1 N–H and O–H groups in total. The van der Waals surface area contributed by atoms with Gasteiger partial charge in [0.2, 0.25) is 0 Å². The zero-order valence-corrected chi connectivity index (χ0v) is 16.2. The quantitative estimate of drug-likeness (QED) is 0.614. The van der Waals surface area contributed by atoms with Crippen LogP contribution in [0.4, 0.5) is 11.4 Å². The molecule has 0 aliphatic carbocycles. The molecule has 0 unspecified atom stereocenters. The molecule has 1 fully saturated rings. The standard InChI is InChI=1S/C21H20ClN3O3/c1-27-18-5-2-15(3-6-18)12-16(14-23)21(26)24-19-13-17(22)4-7-20(19)25-8-10-28-11-9-25/h2-7,12-13H,8-11H2,1H3,(H,24,26)/b16-12+.